The number of aryl methyl sites for hydroxylation is 2. The van der Waals surface area contributed by atoms with Gasteiger partial charge in [-0.25, -0.2) is 19.0 Å². The molecular weight excluding hydrogens is 629 g/mol. The minimum Gasteiger partial charge on any atom is -0.490 e. The van der Waals surface area contributed by atoms with E-state index in [4.69, 9.17) is 19.2 Å². The summed E-state index contributed by atoms with van der Waals surface area (Å²) >= 11 is 0. The molecule has 12 heteroatoms. The van der Waals surface area contributed by atoms with Crippen molar-refractivity contribution in [3.63, 3.8) is 0 Å². The number of carbonyl (C=O) groups excluding carboxylic acids is 1. The molecule has 5 heterocycles. The Morgan fingerprint density at radius 2 is 1.84 bits per heavy atom. The lowest BCUT2D eigenvalue weighted by Gasteiger charge is -2.39. The first-order valence-electron chi connectivity index (χ1n) is 16.8. The molecule has 262 valence electrons. The number of fused-ring (bicyclic) bond motifs is 2. The molecule has 1 aromatic carbocycles. The fourth-order valence-electron chi connectivity index (χ4n) is 6.87. The minimum atomic E-state index is -1.35. The molecule has 0 unspecified atom stereocenters. The van der Waals surface area contributed by atoms with Crippen LogP contribution < -0.4 is 4.74 Å². The molecule has 11 nitrogen and oxygen atoms in total. The van der Waals surface area contributed by atoms with Gasteiger partial charge in [-0.3, -0.25) is 4.68 Å². The summed E-state index contributed by atoms with van der Waals surface area (Å²) in [5.74, 6) is -1.13. The number of carbonyl (C=O) groups is 2. The molecule has 1 atom stereocenters. The van der Waals surface area contributed by atoms with E-state index >= 15 is 4.39 Å². The molecule has 2 aliphatic rings. The van der Waals surface area contributed by atoms with Crippen molar-refractivity contribution in [2.45, 2.75) is 92.1 Å². The van der Waals surface area contributed by atoms with Crippen LogP contribution in [0, 0.1) is 25.6 Å². The average molecular weight is 676 g/mol. The summed E-state index contributed by atoms with van der Waals surface area (Å²) in [5.41, 5.74) is 4.62. The predicted octanol–water partition coefficient (Wildman–Crippen LogP) is 6.99. The largest absolute Gasteiger partial charge is 0.490 e. The van der Waals surface area contributed by atoms with E-state index < -0.39 is 29.1 Å². The zero-order chi connectivity index (χ0) is 35.6. The van der Waals surface area contributed by atoms with Crippen molar-refractivity contribution >= 4 is 23.1 Å². The van der Waals surface area contributed by atoms with Gasteiger partial charge in [0.2, 0.25) is 0 Å². The van der Waals surface area contributed by atoms with Crippen LogP contribution in [0.15, 0.2) is 24.5 Å². The van der Waals surface area contributed by atoms with Crippen LogP contribution in [0.1, 0.15) is 76.5 Å². The van der Waals surface area contributed by atoms with Crippen molar-refractivity contribution in [1.82, 2.24) is 24.2 Å². The number of aromatic nitrogens is 4. The molecule has 6 rings (SSSR count). The summed E-state index contributed by atoms with van der Waals surface area (Å²) in [6.07, 6.45) is 3.51. The van der Waals surface area contributed by atoms with Gasteiger partial charge in [-0.05, 0) is 91.5 Å². The van der Waals surface area contributed by atoms with Crippen LogP contribution in [-0.2, 0) is 34.3 Å². The standard InChI is InChI=1S/C37H46FN5O6/c1-20-24-11-10-12-47-31(24)27(38)13-25(20)30-26-14-28(41(9)33(26)40-21(2)29(30)32(34(44)45)48-36(3,4)5)23-15-39-43(19-23)18-22-16-42(17-22)35(46)49-37(6,7)8/h13-15,19,22,32H,10-12,16-18H2,1-9H3,(H,44,45)/t32-/m0/s1. The molecule has 0 bridgehead atoms. The summed E-state index contributed by atoms with van der Waals surface area (Å²) in [6.45, 7) is 17.0. The lowest BCUT2D eigenvalue weighted by atomic mass is 9.86. The molecule has 0 saturated carbocycles. The van der Waals surface area contributed by atoms with E-state index in [0.717, 1.165) is 28.8 Å². The van der Waals surface area contributed by atoms with Gasteiger partial charge in [0.15, 0.2) is 17.7 Å². The van der Waals surface area contributed by atoms with Crippen LogP contribution >= 0.6 is 0 Å². The number of benzene rings is 1. The lowest BCUT2D eigenvalue weighted by molar-refractivity contribution is -0.160. The minimum absolute atomic E-state index is 0.243. The molecule has 4 aromatic rings. The van der Waals surface area contributed by atoms with E-state index in [1.54, 1.807) is 18.0 Å². The van der Waals surface area contributed by atoms with Gasteiger partial charge in [0.1, 0.15) is 11.2 Å². The van der Waals surface area contributed by atoms with Crippen LogP contribution in [0.4, 0.5) is 9.18 Å². The summed E-state index contributed by atoms with van der Waals surface area (Å²) in [6, 6.07) is 3.43. The van der Waals surface area contributed by atoms with Crippen LogP contribution in [0.5, 0.6) is 5.75 Å². The number of ether oxygens (including phenoxy) is 3. The van der Waals surface area contributed by atoms with Gasteiger partial charge >= 0.3 is 12.1 Å². The van der Waals surface area contributed by atoms with Gasteiger partial charge in [-0.2, -0.15) is 5.10 Å². The van der Waals surface area contributed by atoms with E-state index in [0.29, 0.717) is 66.1 Å². The highest BCUT2D eigenvalue weighted by atomic mass is 19.1. The number of amides is 1. The average Bonchev–Trinajstić information content (AvgIpc) is 3.57. The SMILES string of the molecule is Cc1nc2c(cc(-c3cnn(CC4CN(C(=O)OC(C)(C)C)C4)c3)n2C)c(-c2cc(F)c3c(c2C)CCCO3)c1[C@H](OC(C)(C)C)C(=O)O. The summed E-state index contributed by atoms with van der Waals surface area (Å²) < 4.78 is 37.0. The first kappa shape index (κ1) is 34.4. The second kappa shape index (κ2) is 12.5. The zero-order valence-electron chi connectivity index (χ0n) is 29.8. The number of pyridine rings is 1. The molecule has 1 N–H and O–H groups in total. The molecule has 0 radical (unpaired) electrons. The van der Waals surface area contributed by atoms with Crippen molar-refractivity contribution in [2.75, 3.05) is 19.7 Å². The van der Waals surface area contributed by atoms with Crippen molar-refractivity contribution in [2.24, 2.45) is 13.0 Å². The topological polar surface area (TPSA) is 121 Å². The van der Waals surface area contributed by atoms with E-state index in [1.165, 1.54) is 6.07 Å². The number of halogens is 1. The quantitative estimate of drug-likeness (QED) is 0.223. The normalized spacial score (nSPS) is 15.9. The third kappa shape index (κ3) is 6.75. The van der Waals surface area contributed by atoms with Gasteiger partial charge in [0, 0.05) is 72.1 Å². The highest BCUT2D eigenvalue weighted by Gasteiger charge is 2.36. The molecule has 0 spiro atoms. The Hall–Kier alpha value is -4.45. The number of carboxylic acid groups (broad SMARTS) is 1. The molecule has 1 amide bonds. The van der Waals surface area contributed by atoms with Crippen LogP contribution in [0.3, 0.4) is 0 Å². The fraction of sp³-hybridized carbons (Fsp3) is 0.514. The smallest absolute Gasteiger partial charge is 0.410 e. The van der Waals surface area contributed by atoms with Crippen molar-refractivity contribution in [1.29, 1.82) is 0 Å². The van der Waals surface area contributed by atoms with Gasteiger partial charge < -0.3 is 28.8 Å². The molecule has 2 aliphatic heterocycles. The molecule has 0 aliphatic carbocycles. The van der Waals surface area contributed by atoms with Crippen LogP contribution in [0.2, 0.25) is 0 Å². The number of nitrogens with zero attached hydrogens (tertiary/aromatic N) is 5. The third-order valence-electron chi connectivity index (χ3n) is 9.05. The Labute approximate surface area is 286 Å². The number of rotatable bonds is 7. The molecule has 49 heavy (non-hydrogen) atoms. The fourth-order valence-corrected chi connectivity index (χ4v) is 6.87. The number of likely N-dealkylation sites (tertiary alicyclic amines) is 1. The summed E-state index contributed by atoms with van der Waals surface area (Å²) in [5, 5.41) is 15.8. The summed E-state index contributed by atoms with van der Waals surface area (Å²) in [7, 11) is 1.91. The van der Waals surface area contributed by atoms with E-state index in [1.807, 2.05) is 77.0 Å². The Balaban J connectivity index is 1.43. The molecular formula is C37H46FN5O6. The monoisotopic (exact) mass is 675 g/mol. The van der Waals surface area contributed by atoms with Crippen molar-refractivity contribution < 1.29 is 33.3 Å². The molecule has 1 saturated heterocycles. The van der Waals surface area contributed by atoms with Gasteiger partial charge in [-0.15, -0.1) is 0 Å². The Morgan fingerprint density at radius 1 is 1.12 bits per heavy atom. The predicted molar refractivity (Wildman–Crippen MR) is 183 cm³/mol. The lowest BCUT2D eigenvalue weighted by Crippen LogP contribution is -2.52. The maximum Gasteiger partial charge on any atom is 0.410 e. The molecule has 3 aromatic heterocycles. The van der Waals surface area contributed by atoms with Crippen LogP contribution in [-0.4, -0.2) is 72.3 Å². The van der Waals surface area contributed by atoms with Gasteiger partial charge in [0.05, 0.1) is 24.1 Å². The van der Waals surface area contributed by atoms with Gasteiger partial charge in [0.25, 0.3) is 0 Å². The zero-order valence-corrected chi connectivity index (χ0v) is 29.8. The number of carboxylic acids is 1. The molecule has 1 fully saturated rings. The van der Waals surface area contributed by atoms with E-state index in [9.17, 15) is 14.7 Å². The number of hydrogen-bond acceptors (Lipinski definition) is 7. The second-order valence-electron chi connectivity index (χ2n) is 15.3. The number of hydrogen-bond donors (Lipinski definition) is 1. The Bertz CT molecular complexity index is 1940. The maximum atomic E-state index is 15.8. The highest BCUT2D eigenvalue weighted by molar-refractivity contribution is 6.01. The van der Waals surface area contributed by atoms with Crippen molar-refractivity contribution in [3.05, 3.63) is 52.7 Å². The number of aliphatic carboxylic acids is 1. The Kier molecular flexibility index (Phi) is 8.75. The Morgan fingerprint density at radius 3 is 2.49 bits per heavy atom. The highest BCUT2D eigenvalue weighted by Crippen LogP contribution is 2.45. The first-order chi connectivity index (χ1) is 22.9. The summed E-state index contributed by atoms with van der Waals surface area (Å²) in [4.78, 5) is 31.9. The third-order valence-corrected chi connectivity index (χ3v) is 9.05. The van der Waals surface area contributed by atoms with E-state index in [2.05, 4.69) is 5.10 Å². The van der Waals surface area contributed by atoms with Crippen molar-refractivity contribution in [3.8, 4) is 28.1 Å². The maximum absolute atomic E-state index is 15.8. The second-order valence-corrected chi connectivity index (χ2v) is 15.3. The van der Waals surface area contributed by atoms with Crippen LogP contribution in [0.25, 0.3) is 33.4 Å². The first-order valence-corrected chi connectivity index (χ1v) is 16.8. The van der Waals surface area contributed by atoms with E-state index in [-0.39, 0.29) is 17.8 Å². The van der Waals surface area contributed by atoms with Gasteiger partial charge in [-0.1, -0.05) is 0 Å².